The smallest absolute Gasteiger partial charge is 0.294 e. The Morgan fingerprint density at radius 2 is 2.30 bits per heavy atom. The number of fused-ring (bicyclic) bond motifs is 1. The highest BCUT2D eigenvalue weighted by Crippen LogP contribution is 2.21. The number of carbonyl (C=O) groups is 1. The number of aromatic nitrogens is 3. The lowest BCUT2D eigenvalue weighted by atomic mass is 10.4. The fourth-order valence-corrected chi connectivity index (χ4v) is 3.13. The third-order valence-electron chi connectivity index (χ3n) is 3.34. The molecular formula is C15H16N4O3S. The van der Waals surface area contributed by atoms with Crippen LogP contribution >= 0.6 is 11.3 Å². The second kappa shape index (κ2) is 6.33. The minimum atomic E-state index is -0.338. The van der Waals surface area contributed by atoms with Gasteiger partial charge in [0.25, 0.3) is 5.56 Å². The van der Waals surface area contributed by atoms with E-state index in [0.717, 1.165) is 20.8 Å². The van der Waals surface area contributed by atoms with Crippen LogP contribution in [0, 0.1) is 6.92 Å². The number of furan rings is 1. The van der Waals surface area contributed by atoms with E-state index >= 15 is 0 Å². The molecule has 1 amide bonds. The fourth-order valence-electron chi connectivity index (χ4n) is 2.20. The summed E-state index contributed by atoms with van der Waals surface area (Å²) in [5.74, 6) is 0.345. The van der Waals surface area contributed by atoms with Crippen molar-refractivity contribution >= 4 is 27.5 Å². The van der Waals surface area contributed by atoms with Crippen LogP contribution < -0.4 is 10.9 Å². The van der Waals surface area contributed by atoms with Crippen LogP contribution in [0.1, 0.15) is 23.4 Å². The third-order valence-corrected chi connectivity index (χ3v) is 4.65. The summed E-state index contributed by atoms with van der Waals surface area (Å²) in [6, 6.07) is 3.51. The third kappa shape index (κ3) is 3.16. The highest BCUT2D eigenvalue weighted by Gasteiger charge is 2.15. The maximum atomic E-state index is 12.4. The Morgan fingerprint density at radius 1 is 1.48 bits per heavy atom. The van der Waals surface area contributed by atoms with Crippen molar-refractivity contribution in [3.05, 3.63) is 45.2 Å². The van der Waals surface area contributed by atoms with Crippen LogP contribution in [0.2, 0.25) is 0 Å². The van der Waals surface area contributed by atoms with Crippen molar-refractivity contribution in [1.29, 1.82) is 0 Å². The zero-order chi connectivity index (χ0) is 16.4. The topological polar surface area (TPSA) is 90.0 Å². The summed E-state index contributed by atoms with van der Waals surface area (Å²) < 4.78 is 7.09. The first-order valence-corrected chi connectivity index (χ1v) is 8.06. The largest absolute Gasteiger partial charge is 0.467 e. The van der Waals surface area contributed by atoms with Crippen molar-refractivity contribution in [3.8, 4) is 0 Å². The van der Waals surface area contributed by atoms with Gasteiger partial charge in [-0.1, -0.05) is 6.92 Å². The molecule has 0 fully saturated rings. The number of hydrogen-bond donors (Lipinski definition) is 1. The maximum absolute atomic E-state index is 12.4. The molecule has 0 atom stereocenters. The van der Waals surface area contributed by atoms with Gasteiger partial charge in [-0.25, -0.2) is 9.67 Å². The number of amides is 1. The molecule has 7 nitrogen and oxygen atoms in total. The Balaban J connectivity index is 1.81. The molecule has 3 aromatic heterocycles. The first-order valence-electron chi connectivity index (χ1n) is 7.24. The molecule has 120 valence electrons. The molecule has 8 heteroatoms. The molecule has 0 aliphatic rings. The molecule has 1 N–H and O–H groups in total. The van der Waals surface area contributed by atoms with Gasteiger partial charge in [-0.15, -0.1) is 11.3 Å². The Kier molecular flexibility index (Phi) is 4.24. The maximum Gasteiger partial charge on any atom is 0.294 e. The normalized spacial score (nSPS) is 11.0. The van der Waals surface area contributed by atoms with E-state index in [4.69, 9.17) is 4.42 Å². The van der Waals surface area contributed by atoms with Crippen LogP contribution in [0.25, 0.3) is 10.2 Å². The molecule has 0 aromatic carbocycles. The first-order chi connectivity index (χ1) is 11.1. The zero-order valence-corrected chi connectivity index (χ0v) is 13.6. The number of carbonyl (C=O) groups excluding carboxylic acids is 1. The van der Waals surface area contributed by atoms with Crippen LogP contribution in [0.3, 0.4) is 0 Å². The number of aryl methyl sites for hydroxylation is 2. The quantitative estimate of drug-likeness (QED) is 0.767. The molecule has 0 unspecified atom stereocenters. The Morgan fingerprint density at radius 3 is 3.00 bits per heavy atom. The van der Waals surface area contributed by atoms with Crippen LogP contribution in [0.5, 0.6) is 0 Å². The van der Waals surface area contributed by atoms with Gasteiger partial charge in [-0.05, 0) is 25.5 Å². The van der Waals surface area contributed by atoms with Crippen LogP contribution in [-0.2, 0) is 24.3 Å². The summed E-state index contributed by atoms with van der Waals surface area (Å²) in [4.78, 5) is 28.8. The molecule has 0 bridgehead atoms. The van der Waals surface area contributed by atoms with Gasteiger partial charge >= 0.3 is 0 Å². The highest BCUT2D eigenvalue weighted by atomic mass is 32.1. The molecule has 0 radical (unpaired) electrons. The van der Waals surface area contributed by atoms with Gasteiger partial charge in [0.1, 0.15) is 12.3 Å². The summed E-state index contributed by atoms with van der Waals surface area (Å²) in [7, 11) is 0. The Hall–Kier alpha value is -2.48. The van der Waals surface area contributed by atoms with Crippen LogP contribution in [0.4, 0.5) is 0 Å². The van der Waals surface area contributed by atoms with E-state index in [9.17, 15) is 9.59 Å². The lowest BCUT2D eigenvalue weighted by Gasteiger charge is -2.06. The Labute approximate surface area is 136 Å². The van der Waals surface area contributed by atoms with Gasteiger partial charge in [0.2, 0.25) is 5.91 Å². The van der Waals surface area contributed by atoms with Gasteiger partial charge < -0.3 is 9.73 Å². The summed E-state index contributed by atoms with van der Waals surface area (Å²) in [5.41, 5.74) is 0.753. The number of hydrogen-bond acceptors (Lipinski definition) is 6. The van der Waals surface area contributed by atoms with E-state index in [1.807, 2.05) is 13.8 Å². The van der Waals surface area contributed by atoms with Crippen molar-refractivity contribution in [1.82, 2.24) is 20.1 Å². The molecule has 0 aliphatic carbocycles. The molecule has 3 aromatic rings. The second-order valence-corrected chi connectivity index (χ2v) is 6.13. The molecule has 0 aliphatic heterocycles. The van der Waals surface area contributed by atoms with Crippen molar-refractivity contribution < 1.29 is 9.21 Å². The minimum Gasteiger partial charge on any atom is -0.467 e. The van der Waals surface area contributed by atoms with Crippen molar-refractivity contribution in [2.24, 2.45) is 0 Å². The van der Waals surface area contributed by atoms with Crippen molar-refractivity contribution in [2.45, 2.75) is 33.4 Å². The van der Waals surface area contributed by atoms with Crippen LogP contribution in [0.15, 0.2) is 27.6 Å². The molecule has 3 rings (SSSR count). The monoisotopic (exact) mass is 332 g/mol. The van der Waals surface area contributed by atoms with E-state index < -0.39 is 0 Å². The SMILES string of the molecule is CCc1nc2c(=O)n(CC(=O)NCc3ccco3)nc(C)c2s1. The van der Waals surface area contributed by atoms with Gasteiger partial charge in [-0.3, -0.25) is 9.59 Å². The Bertz CT molecular complexity index is 895. The van der Waals surface area contributed by atoms with E-state index in [1.165, 1.54) is 11.3 Å². The summed E-state index contributed by atoms with van der Waals surface area (Å²) in [6.45, 7) is 3.94. The first kappa shape index (κ1) is 15.4. The van der Waals surface area contributed by atoms with E-state index in [0.29, 0.717) is 17.0 Å². The standard InChI is InChI=1S/C15H16N4O3S/c1-3-12-17-13-14(23-12)9(2)18-19(15(13)21)8-11(20)16-7-10-5-4-6-22-10/h4-6H,3,7-8H2,1-2H3,(H,16,20). The number of rotatable bonds is 5. The van der Waals surface area contributed by atoms with Crippen LogP contribution in [-0.4, -0.2) is 20.7 Å². The fraction of sp³-hybridized carbons (Fsp3) is 0.333. The van der Waals surface area contributed by atoms with Crippen molar-refractivity contribution in [3.63, 3.8) is 0 Å². The summed E-state index contributed by atoms with van der Waals surface area (Å²) >= 11 is 1.47. The van der Waals surface area contributed by atoms with Gasteiger partial charge in [0.05, 0.1) is 28.2 Å². The van der Waals surface area contributed by atoms with Crippen molar-refractivity contribution in [2.75, 3.05) is 0 Å². The lowest BCUT2D eigenvalue weighted by molar-refractivity contribution is -0.122. The molecular weight excluding hydrogens is 316 g/mol. The van der Waals surface area contributed by atoms with Gasteiger partial charge in [0, 0.05) is 0 Å². The molecule has 0 saturated heterocycles. The lowest BCUT2D eigenvalue weighted by Crippen LogP contribution is -2.33. The summed E-state index contributed by atoms with van der Waals surface area (Å²) in [6.07, 6.45) is 2.31. The number of nitrogens with one attached hydrogen (secondary N) is 1. The van der Waals surface area contributed by atoms with Gasteiger partial charge in [-0.2, -0.15) is 5.10 Å². The average Bonchev–Trinajstić information content (AvgIpc) is 3.19. The zero-order valence-electron chi connectivity index (χ0n) is 12.8. The predicted octanol–water partition coefficient (Wildman–Crippen LogP) is 1.63. The minimum absolute atomic E-state index is 0.144. The molecule has 0 saturated carbocycles. The summed E-state index contributed by atoms with van der Waals surface area (Å²) in [5, 5.41) is 7.81. The highest BCUT2D eigenvalue weighted by molar-refractivity contribution is 7.18. The number of nitrogens with zero attached hydrogens (tertiary/aromatic N) is 3. The molecule has 23 heavy (non-hydrogen) atoms. The second-order valence-electron chi connectivity index (χ2n) is 5.04. The number of thiazole rings is 1. The van der Waals surface area contributed by atoms with E-state index in [-0.39, 0.29) is 24.6 Å². The molecule has 0 spiro atoms. The van der Waals surface area contributed by atoms with E-state index in [2.05, 4.69) is 15.4 Å². The van der Waals surface area contributed by atoms with E-state index in [1.54, 1.807) is 18.4 Å². The average molecular weight is 332 g/mol. The molecule has 3 heterocycles. The predicted molar refractivity (Wildman–Crippen MR) is 86.3 cm³/mol. The van der Waals surface area contributed by atoms with Gasteiger partial charge in [0.15, 0.2) is 5.52 Å².